The average molecular weight is 266 g/mol. The van der Waals surface area contributed by atoms with Crippen molar-refractivity contribution in [3.05, 3.63) is 16.6 Å². The molecule has 0 radical (unpaired) electrons. The normalized spacial score (nSPS) is 29.3. The Kier molecular flexibility index (Phi) is 3.68. The van der Waals surface area contributed by atoms with Crippen LogP contribution in [-0.4, -0.2) is 17.2 Å². The van der Waals surface area contributed by atoms with E-state index >= 15 is 0 Å². The average Bonchev–Trinajstić information content (AvgIpc) is 2.93. The van der Waals surface area contributed by atoms with Gasteiger partial charge in [-0.3, -0.25) is 4.98 Å². The highest BCUT2D eigenvalue weighted by molar-refractivity contribution is 7.09. The Morgan fingerprint density at radius 1 is 1.39 bits per heavy atom. The predicted molar refractivity (Wildman–Crippen MR) is 73.5 cm³/mol. The van der Waals surface area contributed by atoms with Crippen LogP contribution in [0.5, 0.6) is 0 Å². The number of ether oxygens (including phenoxy) is 1. The largest absolute Gasteiger partial charge is 0.375 e. The van der Waals surface area contributed by atoms with Gasteiger partial charge in [0.05, 0.1) is 11.1 Å². The van der Waals surface area contributed by atoms with Crippen LogP contribution < -0.4 is 5.73 Å². The van der Waals surface area contributed by atoms with Gasteiger partial charge in [-0.05, 0) is 31.6 Å². The zero-order valence-electron chi connectivity index (χ0n) is 10.8. The van der Waals surface area contributed by atoms with Crippen LogP contribution in [-0.2, 0) is 4.74 Å². The summed E-state index contributed by atoms with van der Waals surface area (Å²) in [7, 11) is 0. The molecule has 2 unspecified atom stereocenters. The molecule has 18 heavy (non-hydrogen) atoms. The van der Waals surface area contributed by atoms with Crippen molar-refractivity contribution in [3.8, 4) is 0 Å². The highest BCUT2D eigenvalue weighted by atomic mass is 32.1. The van der Waals surface area contributed by atoms with E-state index in [4.69, 9.17) is 10.5 Å². The maximum Gasteiger partial charge on any atom is 0.0794 e. The molecule has 3 nitrogen and oxygen atoms in total. The predicted octanol–water partition coefficient (Wildman–Crippen LogP) is 3.27. The Bertz CT molecular complexity index is 368. The van der Waals surface area contributed by atoms with Gasteiger partial charge in [0.15, 0.2) is 0 Å². The lowest BCUT2D eigenvalue weighted by molar-refractivity contribution is -0.120. The van der Waals surface area contributed by atoms with E-state index in [2.05, 4.69) is 4.98 Å². The third-order valence-electron chi connectivity index (χ3n) is 4.58. The second-order valence-corrected chi connectivity index (χ2v) is 6.69. The fourth-order valence-corrected chi connectivity index (χ4v) is 4.25. The molecule has 1 aromatic heterocycles. The minimum absolute atomic E-state index is 0.153. The smallest absolute Gasteiger partial charge is 0.0794 e. The van der Waals surface area contributed by atoms with Gasteiger partial charge in [0.25, 0.3) is 0 Å². The van der Waals surface area contributed by atoms with Gasteiger partial charge in [-0.2, -0.15) is 0 Å². The lowest BCUT2D eigenvalue weighted by Crippen LogP contribution is -2.43. The lowest BCUT2D eigenvalue weighted by atomic mass is 9.74. The summed E-state index contributed by atoms with van der Waals surface area (Å²) in [6, 6.07) is 0.153. The van der Waals surface area contributed by atoms with Gasteiger partial charge in [-0.1, -0.05) is 19.3 Å². The van der Waals surface area contributed by atoms with Crippen LogP contribution in [0.1, 0.15) is 55.9 Å². The van der Waals surface area contributed by atoms with E-state index in [1.807, 2.05) is 11.7 Å². The van der Waals surface area contributed by atoms with E-state index in [0.29, 0.717) is 5.92 Å². The highest BCUT2D eigenvalue weighted by Crippen LogP contribution is 2.43. The van der Waals surface area contributed by atoms with Gasteiger partial charge in [0, 0.05) is 23.7 Å². The van der Waals surface area contributed by atoms with Crippen molar-refractivity contribution in [2.24, 2.45) is 11.7 Å². The van der Waals surface area contributed by atoms with Crippen molar-refractivity contribution in [1.82, 2.24) is 4.98 Å². The lowest BCUT2D eigenvalue weighted by Gasteiger charge is -2.44. The van der Waals surface area contributed by atoms with Crippen LogP contribution >= 0.6 is 11.3 Å². The van der Waals surface area contributed by atoms with Gasteiger partial charge in [0.1, 0.15) is 0 Å². The Hall–Kier alpha value is -0.450. The molecule has 2 fully saturated rings. The molecular weight excluding hydrogens is 244 g/mol. The van der Waals surface area contributed by atoms with Crippen molar-refractivity contribution in [1.29, 1.82) is 0 Å². The topological polar surface area (TPSA) is 48.1 Å². The maximum absolute atomic E-state index is 6.42. The SMILES string of the molecule is NC(c1cncs1)C1CCOC2(CCCCC2)C1. The third kappa shape index (κ3) is 2.46. The summed E-state index contributed by atoms with van der Waals surface area (Å²) in [6.07, 6.45) is 10.7. The van der Waals surface area contributed by atoms with Gasteiger partial charge in [-0.15, -0.1) is 11.3 Å². The van der Waals surface area contributed by atoms with Crippen LogP contribution in [0.15, 0.2) is 11.7 Å². The summed E-state index contributed by atoms with van der Waals surface area (Å²) < 4.78 is 6.14. The molecule has 2 aliphatic rings. The van der Waals surface area contributed by atoms with E-state index in [-0.39, 0.29) is 11.6 Å². The van der Waals surface area contributed by atoms with E-state index in [1.54, 1.807) is 11.3 Å². The molecule has 100 valence electrons. The molecule has 1 saturated carbocycles. The van der Waals surface area contributed by atoms with Gasteiger partial charge < -0.3 is 10.5 Å². The molecule has 2 heterocycles. The van der Waals surface area contributed by atoms with Crippen molar-refractivity contribution in [3.63, 3.8) is 0 Å². The molecule has 4 heteroatoms. The Balaban J connectivity index is 1.70. The quantitative estimate of drug-likeness (QED) is 0.893. The van der Waals surface area contributed by atoms with Crippen LogP contribution in [0.4, 0.5) is 0 Å². The third-order valence-corrected chi connectivity index (χ3v) is 5.46. The molecule has 0 amide bonds. The monoisotopic (exact) mass is 266 g/mol. The maximum atomic E-state index is 6.42. The first kappa shape index (κ1) is 12.6. The van der Waals surface area contributed by atoms with Crippen molar-refractivity contribution in [2.45, 2.75) is 56.6 Å². The van der Waals surface area contributed by atoms with Crippen molar-refractivity contribution >= 4 is 11.3 Å². The first-order valence-electron chi connectivity index (χ1n) is 7.07. The molecule has 0 aromatic carbocycles. The summed E-state index contributed by atoms with van der Waals surface area (Å²) in [5.74, 6) is 0.567. The summed E-state index contributed by atoms with van der Waals surface area (Å²) in [4.78, 5) is 5.38. The van der Waals surface area contributed by atoms with Crippen LogP contribution in [0.2, 0.25) is 0 Å². The molecule has 3 rings (SSSR count). The van der Waals surface area contributed by atoms with E-state index in [9.17, 15) is 0 Å². The van der Waals surface area contributed by atoms with E-state index < -0.39 is 0 Å². The fourth-order valence-electron chi connectivity index (χ4n) is 3.54. The second kappa shape index (κ2) is 5.27. The zero-order chi connectivity index (χ0) is 12.4. The summed E-state index contributed by atoms with van der Waals surface area (Å²) >= 11 is 1.68. The molecule has 1 spiro atoms. The fraction of sp³-hybridized carbons (Fsp3) is 0.786. The molecule has 1 aliphatic carbocycles. The van der Waals surface area contributed by atoms with Crippen LogP contribution in [0.3, 0.4) is 0 Å². The van der Waals surface area contributed by atoms with Crippen LogP contribution in [0.25, 0.3) is 0 Å². The number of nitrogens with two attached hydrogens (primary N) is 1. The second-order valence-electron chi connectivity index (χ2n) is 5.77. The van der Waals surface area contributed by atoms with E-state index in [1.165, 1.54) is 37.0 Å². The van der Waals surface area contributed by atoms with Gasteiger partial charge in [-0.25, -0.2) is 0 Å². The molecule has 0 bridgehead atoms. The van der Waals surface area contributed by atoms with E-state index in [0.717, 1.165) is 19.4 Å². The first-order valence-corrected chi connectivity index (χ1v) is 7.95. The minimum atomic E-state index is 0.153. The molecule has 1 aliphatic heterocycles. The van der Waals surface area contributed by atoms with Crippen LogP contribution in [0, 0.1) is 5.92 Å². The molecule has 1 aromatic rings. The summed E-state index contributed by atoms with van der Waals surface area (Å²) in [5.41, 5.74) is 8.46. The van der Waals surface area contributed by atoms with Crippen molar-refractivity contribution in [2.75, 3.05) is 6.61 Å². The number of rotatable bonds is 2. The van der Waals surface area contributed by atoms with Gasteiger partial charge >= 0.3 is 0 Å². The first-order chi connectivity index (χ1) is 8.79. The number of hydrogen-bond donors (Lipinski definition) is 1. The number of thiazole rings is 1. The number of aromatic nitrogens is 1. The van der Waals surface area contributed by atoms with Crippen molar-refractivity contribution < 1.29 is 4.74 Å². The number of hydrogen-bond acceptors (Lipinski definition) is 4. The zero-order valence-corrected chi connectivity index (χ0v) is 11.6. The summed E-state index contributed by atoms with van der Waals surface area (Å²) in [5, 5.41) is 0. The Labute approximate surface area is 113 Å². The molecular formula is C14H22N2OS. The molecule has 2 atom stereocenters. The minimum Gasteiger partial charge on any atom is -0.375 e. The summed E-state index contributed by atoms with van der Waals surface area (Å²) in [6.45, 7) is 0.886. The van der Waals surface area contributed by atoms with Gasteiger partial charge in [0.2, 0.25) is 0 Å². The standard InChI is InChI=1S/C14H22N2OS/c15-13(12-9-16-10-18-12)11-4-7-17-14(8-11)5-2-1-3-6-14/h9-11,13H,1-8,15H2. The Morgan fingerprint density at radius 2 is 2.22 bits per heavy atom. The number of nitrogens with zero attached hydrogens (tertiary/aromatic N) is 1. The Morgan fingerprint density at radius 3 is 2.94 bits per heavy atom. The molecule has 1 saturated heterocycles. The highest BCUT2D eigenvalue weighted by Gasteiger charge is 2.40. The molecule has 2 N–H and O–H groups in total.